The van der Waals surface area contributed by atoms with Crippen molar-refractivity contribution in [2.24, 2.45) is 5.92 Å². The summed E-state index contributed by atoms with van der Waals surface area (Å²) < 4.78 is 12.1. The SMILES string of the molecule is Cc1cc(Cl)nc([S@@](=O)C[C@@H]2CCCNC2)n1. The second kappa shape index (κ2) is 5.89. The third kappa shape index (κ3) is 3.72. The highest BCUT2D eigenvalue weighted by atomic mass is 35.5. The number of hydrogen-bond acceptors (Lipinski definition) is 4. The summed E-state index contributed by atoms with van der Waals surface area (Å²) in [4.78, 5) is 8.22. The van der Waals surface area contributed by atoms with Crippen LogP contribution in [0.4, 0.5) is 0 Å². The summed E-state index contributed by atoms with van der Waals surface area (Å²) in [5.41, 5.74) is 0.759. The second-order valence-corrected chi connectivity index (χ2v) is 6.12. The van der Waals surface area contributed by atoms with Gasteiger partial charge in [-0.1, -0.05) is 11.6 Å². The van der Waals surface area contributed by atoms with E-state index >= 15 is 0 Å². The Morgan fingerprint density at radius 2 is 2.41 bits per heavy atom. The molecule has 94 valence electrons. The summed E-state index contributed by atoms with van der Waals surface area (Å²) in [6, 6.07) is 1.67. The van der Waals surface area contributed by atoms with E-state index in [4.69, 9.17) is 11.6 Å². The molecule has 2 rings (SSSR count). The van der Waals surface area contributed by atoms with Crippen LogP contribution in [0.15, 0.2) is 11.2 Å². The summed E-state index contributed by atoms with van der Waals surface area (Å²) in [5, 5.41) is 4.04. The zero-order valence-corrected chi connectivity index (χ0v) is 11.4. The van der Waals surface area contributed by atoms with E-state index in [9.17, 15) is 4.21 Å². The number of nitrogens with one attached hydrogen (secondary N) is 1. The molecule has 1 aromatic heterocycles. The topological polar surface area (TPSA) is 54.9 Å². The molecule has 1 fully saturated rings. The van der Waals surface area contributed by atoms with Crippen LogP contribution < -0.4 is 5.32 Å². The van der Waals surface area contributed by atoms with Crippen molar-refractivity contribution in [1.29, 1.82) is 0 Å². The smallest absolute Gasteiger partial charge is 0.220 e. The van der Waals surface area contributed by atoms with Crippen molar-refractivity contribution < 1.29 is 4.21 Å². The molecule has 2 atom stereocenters. The van der Waals surface area contributed by atoms with Gasteiger partial charge < -0.3 is 5.32 Å². The van der Waals surface area contributed by atoms with E-state index in [-0.39, 0.29) is 0 Å². The van der Waals surface area contributed by atoms with Gasteiger partial charge in [-0.3, -0.25) is 4.21 Å². The highest BCUT2D eigenvalue weighted by molar-refractivity contribution is 7.84. The van der Waals surface area contributed by atoms with E-state index in [1.165, 1.54) is 0 Å². The van der Waals surface area contributed by atoms with Crippen molar-refractivity contribution in [2.75, 3.05) is 18.8 Å². The van der Waals surface area contributed by atoms with Gasteiger partial charge in [-0.2, -0.15) is 0 Å². The number of rotatable bonds is 3. The molecule has 0 spiro atoms. The molecule has 0 radical (unpaired) electrons. The maximum Gasteiger partial charge on any atom is 0.220 e. The zero-order valence-electron chi connectivity index (χ0n) is 9.78. The number of halogens is 1. The molecule has 1 aliphatic heterocycles. The van der Waals surface area contributed by atoms with E-state index in [0.717, 1.165) is 31.6 Å². The largest absolute Gasteiger partial charge is 0.316 e. The lowest BCUT2D eigenvalue weighted by Gasteiger charge is -2.21. The minimum Gasteiger partial charge on any atom is -0.316 e. The lowest BCUT2D eigenvalue weighted by molar-refractivity contribution is 0.407. The molecule has 4 nitrogen and oxygen atoms in total. The summed E-state index contributed by atoms with van der Waals surface area (Å²) in [7, 11) is -1.15. The highest BCUT2D eigenvalue weighted by Gasteiger charge is 2.18. The third-order valence-corrected chi connectivity index (χ3v) is 4.35. The molecule has 0 aliphatic carbocycles. The minimum absolute atomic E-state index is 0.362. The van der Waals surface area contributed by atoms with Gasteiger partial charge in [0.2, 0.25) is 5.16 Å². The molecule has 2 heterocycles. The van der Waals surface area contributed by atoms with Crippen molar-refractivity contribution in [3.8, 4) is 0 Å². The molecule has 1 aromatic rings. The molecule has 1 aliphatic rings. The molecule has 1 N–H and O–H groups in total. The number of hydrogen-bond donors (Lipinski definition) is 1. The van der Waals surface area contributed by atoms with Crippen molar-refractivity contribution in [3.63, 3.8) is 0 Å². The Hall–Kier alpha value is -0.520. The minimum atomic E-state index is -1.15. The first-order chi connectivity index (χ1) is 8.15. The maximum atomic E-state index is 12.1. The number of aromatic nitrogens is 2. The molecule has 0 amide bonds. The standard InChI is InChI=1S/C11H16ClN3OS/c1-8-5-10(12)15-11(14-8)17(16)7-9-3-2-4-13-6-9/h5,9,13H,2-4,6-7H2,1H3/t9-,17+/m1/s1. The van der Waals surface area contributed by atoms with Gasteiger partial charge in [0, 0.05) is 11.4 Å². The van der Waals surface area contributed by atoms with E-state index in [1.54, 1.807) is 6.07 Å². The van der Waals surface area contributed by atoms with E-state index < -0.39 is 10.8 Å². The molecule has 6 heteroatoms. The van der Waals surface area contributed by atoms with Crippen LogP contribution in [0.25, 0.3) is 0 Å². The molecule has 0 aromatic carbocycles. The molecule has 1 saturated heterocycles. The average Bonchev–Trinajstić information content (AvgIpc) is 2.29. The summed E-state index contributed by atoms with van der Waals surface area (Å²) in [5.74, 6) is 1.07. The molecule has 0 saturated carbocycles. The van der Waals surface area contributed by atoms with Gasteiger partial charge in [-0.25, -0.2) is 9.97 Å². The van der Waals surface area contributed by atoms with Crippen LogP contribution in [-0.2, 0) is 10.8 Å². The monoisotopic (exact) mass is 273 g/mol. The third-order valence-electron chi connectivity index (χ3n) is 2.79. The predicted molar refractivity (Wildman–Crippen MR) is 68.6 cm³/mol. The molecular weight excluding hydrogens is 258 g/mol. The Morgan fingerprint density at radius 3 is 3.06 bits per heavy atom. The van der Waals surface area contributed by atoms with Crippen molar-refractivity contribution in [2.45, 2.75) is 24.9 Å². The van der Waals surface area contributed by atoms with Crippen LogP contribution >= 0.6 is 11.6 Å². The fraction of sp³-hybridized carbons (Fsp3) is 0.636. The van der Waals surface area contributed by atoms with Crippen molar-refractivity contribution in [1.82, 2.24) is 15.3 Å². The van der Waals surface area contributed by atoms with Gasteiger partial charge in [0.05, 0.1) is 10.8 Å². The molecular formula is C11H16ClN3OS. The first-order valence-electron chi connectivity index (χ1n) is 5.75. The normalized spacial score (nSPS) is 22.4. The van der Waals surface area contributed by atoms with Crippen LogP contribution in [-0.4, -0.2) is 33.0 Å². The Balaban J connectivity index is 2.03. The van der Waals surface area contributed by atoms with Gasteiger partial charge >= 0.3 is 0 Å². The molecule has 0 bridgehead atoms. The van der Waals surface area contributed by atoms with Gasteiger partial charge in [-0.05, 0) is 44.8 Å². The fourth-order valence-electron chi connectivity index (χ4n) is 1.96. The Kier molecular flexibility index (Phi) is 4.48. The number of nitrogens with zero attached hydrogens (tertiary/aromatic N) is 2. The summed E-state index contributed by atoms with van der Waals surface area (Å²) >= 11 is 5.84. The van der Waals surface area contributed by atoms with Crippen LogP contribution in [0.3, 0.4) is 0 Å². The lowest BCUT2D eigenvalue weighted by Crippen LogP contribution is -2.32. The summed E-state index contributed by atoms with van der Waals surface area (Å²) in [6.07, 6.45) is 2.27. The first-order valence-corrected chi connectivity index (χ1v) is 7.45. The van der Waals surface area contributed by atoms with Crippen molar-refractivity contribution >= 4 is 22.4 Å². The van der Waals surface area contributed by atoms with E-state index in [0.29, 0.717) is 22.0 Å². The Labute approximate surface area is 109 Å². The van der Waals surface area contributed by atoms with E-state index in [2.05, 4.69) is 15.3 Å². The fourth-order valence-corrected chi connectivity index (χ4v) is 3.56. The first kappa shape index (κ1) is 12.9. The lowest BCUT2D eigenvalue weighted by atomic mass is 10.0. The predicted octanol–water partition coefficient (Wildman–Crippen LogP) is 1.55. The Morgan fingerprint density at radius 1 is 1.59 bits per heavy atom. The molecule has 0 unspecified atom stereocenters. The zero-order chi connectivity index (χ0) is 12.3. The van der Waals surface area contributed by atoms with Crippen LogP contribution in [0.1, 0.15) is 18.5 Å². The van der Waals surface area contributed by atoms with Gasteiger partial charge in [-0.15, -0.1) is 0 Å². The summed E-state index contributed by atoms with van der Waals surface area (Å²) in [6.45, 7) is 3.83. The van der Waals surface area contributed by atoms with Gasteiger partial charge in [0.1, 0.15) is 5.15 Å². The maximum absolute atomic E-state index is 12.1. The number of piperidine rings is 1. The van der Waals surface area contributed by atoms with Crippen molar-refractivity contribution in [3.05, 3.63) is 16.9 Å². The van der Waals surface area contributed by atoms with Crippen LogP contribution in [0.2, 0.25) is 5.15 Å². The van der Waals surface area contributed by atoms with E-state index in [1.807, 2.05) is 6.92 Å². The quantitative estimate of drug-likeness (QED) is 0.671. The number of aryl methyl sites for hydroxylation is 1. The average molecular weight is 274 g/mol. The highest BCUT2D eigenvalue weighted by Crippen LogP contribution is 2.15. The Bertz CT molecular complexity index is 401. The van der Waals surface area contributed by atoms with Gasteiger partial charge in [0.15, 0.2) is 0 Å². The molecule has 17 heavy (non-hydrogen) atoms. The van der Waals surface area contributed by atoms with Gasteiger partial charge in [0.25, 0.3) is 0 Å². The second-order valence-electron chi connectivity index (χ2n) is 4.34. The van der Waals surface area contributed by atoms with Crippen LogP contribution in [0.5, 0.6) is 0 Å². The van der Waals surface area contributed by atoms with Crippen LogP contribution in [0, 0.1) is 12.8 Å².